The van der Waals surface area contributed by atoms with Crippen molar-refractivity contribution >= 4 is 41.8 Å². The zero-order valence-corrected chi connectivity index (χ0v) is 18.3. The Morgan fingerprint density at radius 3 is 2.15 bits per heavy atom. The van der Waals surface area contributed by atoms with Crippen LogP contribution in [0, 0.1) is 0 Å². The SMILES string of the molecule is CCNC(=NCCCCN1C(=O)c2ccccc2C1=O)NC(C)(C)C.I. The van der Waals surface area contributed by atoms with E-state index in [0.717, 1.165) is 25.3 Å². The van der Waals surface area contributed by atoms with Crippen LogP contribution in [0.15, 0.2) is 29.3 Å². The Labute approximate surface area is 172 Å². The summed E-state index contributed by atoms with van der Waals surface area (Å²) in [6.07, 6.45) is 1.55. The van der Waals surface area contributed by atoms with Gasteiger partial charge < -0.3 is 10.6 Å². The van der Waals surface area contributed by atoms with Gasteiger partial charge in [0.05, 0.1) is 11.1 Å². The van der Waals surface area contributed by atoms with Gasteiger partial charge in [0.1, 0.15) is 0 Å². The van der Waals surface area contributed by atoms with Gasteiger partial charge in [-0.05, 0) is 52.7 Å². The molecule has 0 fully saturated rings. The number of benzene rings is 1. The van der Waals surface area contributed by atoms with Crippen molar-refractivity contribution in [3.63, 3.8) is 0 Å². The van der Waals surface area contributed by atoms with Crippen molar-refractivity contribution in [2.24, 2.45) is 4.99 Å². The number of amides is 2. The highest BCUT2D eigenvalue weighted by molar-refractivity contribution is 14.0. The number of rotatable bonds is 6. The average Bonchev–Trinajstić information content (AvgIpc) is 2.78. The van der Waals surface area contributed by atoms with Crippen molar-refractivity contribution in [1.29, 1.82) is 0 Å². The molecule has 2 rings (SSSR count). The first-order chi connectivity index (χ1) is 11.8. The first-order valence-electron chi connectivity index (χ1n) is 8.85. The molecule has 2 amide bonds. The summed E-state index contributed by atoms with van der Waals surface area (Å²) < 4.78 is 0. The number of hydrogen-bond acceptors (Lipinski definition) is 3. The number of aliphatic imine (C=N–C) groups is 1. The summed E-state index contributed by atoms with van der Waals surface area (Å²) >= 11 is 0. The molecule has 144 valence electrons. The van der Waals surface area contributed by atoms with Gasteiger partial charge in [0.2, 0.25) is 0 Å². The molecule has 0 radical (unpaired) electrons. The van der Waals surface area contributed by atoms with E-state index in [-0.39, 0.29) is 41.3 Å². The highest BCUT2D eigenvalue weighted by Gasteiger charge is 2.34. The van der Waals surface area contributed by atoms with E-state index in [1.807, 2.05) is 6.92 Å². The maximum Gasteiger partial charge on any atom is 0.261 e. The lowest BCUT2D eigenvalue weighted by Gasteiger charge is -2.23. The molecule has 0 saturated heterocycles. The minimum absolute atomic E-state index is 0. The Hall–Kier alpha value is -1.64. The van der Waals surface area contributed by atoms with E-state index < -0.39 is 0 Å². The van der Waals surface area contributed by atoms with Gasteiger partial charge >= 0.3 is 0 Å². The Balaban J connectivity index is 0.00000338. The van der Waals surface area contributed by atoms with Crippen molar-refractivity contribution in [2.45, 2.75) is 46.1 Å². The molecule has 2 N–H and O–H groups in total. The second-order valence-corrected chi connectivity index (χ2v) is 7.15. The topological polar surface area (TPSA) is 73.8 Å². The van der Waals surface area contributed by atoms with Crippen molar-refractivity contribution in [2.75, 3.05) is 19.6 Å². The molecule has 0 aliphatic carbocycles. The van der Waals surface area contributed by atoms with E-state index in [0.29, 0.717) is 24.2 Å². The van der Waals surface area contributed by atoms with Gasteiger partial charge in [-0.1, -0.05) is 12.1 Å². The van der Waals surface area contributed by atoms with Gasteiger partial charge in [0, 0.05) is 25.2 Å². The number of imide groups is 1. The fourth-order valence-electron chi connectivity index (χ4n) is 2.68. The third-order valence-corrected chi connectivity index (χ3v) is 3.78. The lowest BCUT2D eigenvalue weighted by molar-refractivity contribution is 0.0652. The fourth-order valence-corrected chi connectivity index (χ4v) is 2.68. The summed E-state index contributed by atoms with van der Waals surface area (Å²) in [5.74, 6) is 0.411. The van der Waals surface area contributed by atoms with Crippen LogP contribution in [0.5, 0.6) is 0 Å². The molecule has 1 aliphatic rings. The van der Waals surface area contributed by atoms with E-state index in [4.69, 9.17) is 0 Å². The number of guanidine groups is 1. The molecule has 1 aliphatic heterocycles. The number of carbonyl (C=O) groups excluding carboxylic acids is 2. The van der Waals surface area contributed by atoms with Crippen molar-refractivity contribution in [3.8, 4) is 0 Å². The molecule has 26 heavy (non-hydrogen) atoms. The number of fused-ring (bicyclic) bond motifs is 1. The molecule has 0 unspecified atom stereocenters. The first-order valence-corrected chi connectivity index (χ1v) is 8.85. The van der Waals surface area contributed by atoms with Crippen LogP contribution in [0.1, 0.15) is 61.3 Å². The minimum atomic E-state index is -0.188. The Morgan fingerprint density at radius 2 is 1.65 bits per heavy atom. The molecule has 7 heteroatoms. The lowest BCUT2D eigenvalue weighted by atomic mass is 10.1. The zero-order valence-electron chi connectivity index (χ0n) is 16.0. The third-order valence-electron chi connectivity index (χ3n) is 3.78. The maximum atomic E-state index is 12.3. The number of nitrogens with zero attached hydrogens (tertiary/aromatic N) is 2. The summed E-state index contributed by atoms with van der Waals surface area (Å²) in [5.41, 5.74) is 0.963. The predicted molar refractivity (Wildman–Crippen MR) is 115 cm³/mol. The predicted octanol–water partition coefficient (Wildman–Crippen LogP) is 3.03. The van der Waals surface area contributed by atoms with E-state index in [1.54, 1.807) is 24.3 Å². The summed E-state index contributed by atoms with van der Waals surface area (Å²) in [7, 11) is 0. The molecule has 0 bridgehead atoms. The Morgan fingerprint density at radius 1 is 1.08 bits per heavy atom. The Bertz CT molecular complexity index is 633. The molecule has 1 aromatic carbocycles. The van der Waals surface area contributed by atoms with Gasteiger partial charge in [0.25, 0.3) is 11.8 Å². The van der Waals surface area contributed by atoms with Crippen molar-refractivity contribution < 1.29 is 9.59 Å². The van der Waals surface area contributed by atoms with E-state index in [1.165, 1.54) is 4.90 Å². The van der Waals surface area contributed by atoms with Crippen molar-refractivity contribution in [3.05, 3.63) is 35.4 Å². The Kier molecular flexibility index (Phi) is 8.52. The zero-order chi connectivity index (χ0) is 18.4. The molecule has 0 atom stereocenters. The summed E-state index contributed by atoms with van der Waals surface area (Å²) in [6, 6.07) is 6.99. The monoisotopic (exact) mass is 472 g/mol. The molecule has 0 aromatic heterocycles. The number of unbranched alkanes of at least 4 members (excludes halogenated alkanes) is 1. The van der Waals surface area contributed by atoms with Gasteiger partial charge in [0.15, 0.2) is 5.96 Å². The van der Waals surface area contributed by atoms with E-state index >= 15 is 0 Å². The fraction of sp³-hybridized carbons (Fsp3) is 0.526. The van der Waals surface area contributed by atoms with Gasteiger partial charge in [-0.2, -0.15) is 0 Å². The van der Waals surface area contributed by atoms with Crippen molar-refractivity contribution in [1.82, 2.24) is 15.5 Å². The standard InChI is InChI=1S/C19H28N4O2.HI/c1-5-20-18(22-19(2,3)4)21-12-8-9-13-23-16(24)14-10-6-7-11-15(14)17(23)25;/h6-7,10-11H,5,8-9,12-13H2,1-4H3,(H2,20,21,22);1H. The minimum Gasteiger partial charge on any atom is -0.357 e. The highest BCUT2D eigenvalue weighted by Crippen LogP contribution is 2.22. The molecule has 0 spiro atoms. The first kappa shape index (κ1) is 22.4. The normalized spacial score (nSPS) is 14.2. The quantitative estimate of drug-likeness (QED) is 0.220. The molecule has 0 saturated carbocycles. The number of halogens is 1. The van der Waals surface area contributed by atoms with Crippen LogP contribution in [-0.2, 0) is 0 Å². The molecule has 1 aromatic rings. The molecule has 1 heterocycles. The van der Waals surface area contributed by atoms with Crippen LogP contribution < -0.4 is 10.6 Å². The largest absolute Gasteiger partial charge is 0.357 e. The van der Waals surface area contributed by atoms with Crippen LogP contribution in [0.25, 0.3) is 0 Å². The van der Waals surface area contributed by atoms with E-state index in [2.05, 4.69) is 36.4 Å². The van der Waals surface area contributed by atoms with Gasteiger partial charge in [-0.25, -0.2) is 0 Å². The second-order valence-electron chi connectivity index (χ2n) is 7.15. The van der Waals surface area contributed by atoms with Crippen LogP contribution in [-0.4, -0.2) is 47.8 Å². The number of nitrogens with one attached hydrogen (secondary N) is 2. The van der Waals surface area contributed by atoms with Crippen LogP contribution in [0.4, 0.5) is 0 Å². The summed E-state index contributed by atoms with van der Waals surface area (Å²) in [6.45, 7) is 10.2. The smallest absolute Gasteiger partial charge is 0.261 e. The van der Waals surface area contributed by atoms with Crippen LogP contribution >= 0.6 is 24.0 Å². The van der Waals surface area contributed by atoms with E-state index in [9.17, 15) is 9.59 Å². The highest BCUT2D eigenvalue weighted by atomic mass is 127. The summed E-state index contributed by atoms with van der Waals surface area (Å²) in [4.78, 5) is 30.4. The molecular formula is C19H29IN4O2. The van der Waals surface area contributed by atoms with Gasteiger partial charge in [-0.15, -0.1) is 24.0 Å². The lowest BCUT2D eigenvalue weighted by Crippen LogP contribution is -2.47. The van der Waals surface area contributed by atoms with Gasteiger partial charge in [-0.3, -0.25) is 19.5 Å². The second kappa shape index (κ2) is 9.89. The average molecular weight is 472 g/mol. The molecular weight excluding hydrogens is 443 g/mol. The number of hydrogen-bond donors (Lipinski definition) is 2. The summed E-state index contributed by atoms with van der Waals surface area (Å²) in [5, 5.41) is 6.55. The molecule has 6 nitrogen and oxygen atoms in total. The number of carbonyl (C=O) groups is 2. The third kappa shape index (κ3) is 5.96. The maximum absolute atomic E-state index is 12.3. The van der Waals surface area contributed by atoms with Crippen LogP contribution in [0.3, 0.4) is 0 Å². The van der Waals surface area contributed by atoms with Crippen LogP contribution in [0.2, 0.25) is 0 Å².